The molecular weight excluding hydrogens is 223 g/mol. The van der Waals surface area contributed by atoms with E-state index in [0.29, 0.717) is 18.5 Å². The Morgan fingerprint density at radius 3 is 2.88 bits per heavy atom. The van der Waals surface area contributed by atoms with Crippen LogP contribution in [-0.4, -0.2) is 11.0 Å². The Labute approximate surface area is 99.0 Å². The normalized spacial score (nSPS) is 11.8. The summed E-state index contributed by atoms with van der Waals surface area (Å²) in [7, 11) is 0. The van der Waals surface area contributed by atoms with Gasteiger partial charge < -0.3 is 5.32 Å². The summed E-state index contributed by atoms with van der Waals surface area (Å²) >= 11 is 0. The molecule has 0 radical (unpaired) electrons. The van der Waals surface area contributed by atoms with Crippen molar-refractivity contribution in [1.82, 2.24) is 5.32 Å². The van der Waals surface area contributed by atoms with Crippen molar-refractivity contribution in [2.24, 2.45) is 0 Å². The van der Waals surface area contributed by atoms with Crippen LogP contribution in [0.5, 0.6) is 0 Å². The Balaban J connectivity index is 2.72. The van der Waals surface area contributed by atoms with Crippen molar-refractivity contribution in [2.45, 2.75) is 25.9 Å². The summed E-state index contributed by atoms with van der Waals surface area (Å²) in [5, 5.41) is 13.6. The molecule has 1 aromatic carbocycles. The molecule has 0 saturated carbocycles. The van der Waals surface area contributed by atoms with Gasteiger partial charge in [-0.1, -0.05) is 0 Å². The van der Waals surface area contributed by atoms with Gasteiger partial charge in [-0.05, 0) is 18.6 Å². The van der Waals surface area contributed by atoms with Crippen molar-refractivity contribution in [2.75, 3.05) is 0 Å². The number of halogens is 1. The van der Waals surface area contributed by atoms with Crippen molar-refractivity contribution in [3.63, 3.8) is 0 Å². The Morgan fingerprint density at radius 2 is 2.29 bits per heavy atom. The molecule has 17 heavy (non-hydrogen) atoms. The van der Waals surface area contributed by atoms with E-state index in [1.54, 1.807) is 0 Å². The Bertz CT molecular complexity index is 454. The lowest BCUT2D eigenvalue weighted by Gasteiger charge is -2.10. The van der Waals surface area contributed by atoms with Crippen molar-refractivity contribution in [3.8, 4) is 12.3 Å². The number of hydrogen-bond acceptors (Lipinski definition) is 3. The third-order valence-electron chi connectivity index (χ3n) is 2.23. The van der Waals surface area contributed by atoms with E-state index in [1.807, 2.05) is 6.92 Å². The zero-order chi connectivity index (χ0) is 12.8. The highest BCUT2D eigenvalue weighted by molar-refractivity contribution is 5.35. The predicted molar refractivity (Wildman–Crippen MR) is 62.8 cm³/mol. The molecule has 0 amide bonds. The van der Waals surface area contributed by atoms with Gasteiger partial charge >= 0.3 is 0 Å². The smallest absolute Gasteiger partial charge is 0.272 e. The number of nitrogens with one attached hydrogen (secondary N) is 1. The van der Waals surface area contributed by atoms with Gasteiger partial charge in [0.2, 0.25) is 0 Å². The van der Waals surface area contributed by atoms with Crippen LogP contribution >= 0.6 is 0 Å². The molecule has 90 valence electrons. The topological polar surface area (TPSA) is 55.2 Å². The fourth-order valence-electron chi connectivity index (χ4n) is 1.38. The van der Waals surface area contributed by atoms with Crippen molar-refractivity contribution < 1.29 is 9.31 Å². The van der Waals surface area contributed by atoms with E-state index in [0.717, 1.165) is 6.07 Å². The lowest BCUT2D eigenvalue weighted by molar-refractivity contribution is -0.385. The van der Waals surface area contributed by atoms with Crippen LogP contribution < -0.4 is 5.32 Å². The molecule has 0 heterocycles. The summed E-state index contributed by atoms with van der Waals surface area (Å²) in [5.41, 5.74) is 0.284. The second kappa shape index (κ2) is 5.97. The molecule has 1 aromatic rings. The molecule has 0 spiro atoms. The van der Waals surface area contributed by atoms with Crippen molar-refractivity contribution in [3.05, 3.63) is 39.7 Å². The maximum atomic E-state index is 13.1. The highest BCUT2D eigenvalue weighted by Crippen LogP contribution is 2.16. The summed E-state index contributed by atoms with van der Waals surface area (Å²) in [4.78, 5) is 9.92. The minimum Gasteiger partial charge on any atom is -0.309 e. The number of nitro benzene ring substituents is 1. The van der Waals surface area contributed by atoms with Gasteiger partial charge in [0.25, 0.3) is 5.69 Å². The molecule has 0 aliphatic carbocycles. The first-order valence-electron chi connectivity index (χ1n) is 5.13. The molecule has 0 aromatic heterocycles. The van der Waals surface area contributed by atoms with E-state index in [9.17, 15) is 14.5 Å². The SMILES string of the molecule is C#CCC(C)NCc1cc(F)cc([N+](=O)[O-])c1. The molecule has 1 rings (SSSR count). The molecule has 1 atom stereocenters. The second-order valence-corrected chi connectivity index (χ2v) is 3.76. The van der Waals surface area contributed by atoms with Crippen LogP contribution in [0.25, 0.3) is 0 Å². The van der Waals surface area contributed by atoms with Gasteiger partial charge in [-0.25, -0.2) is 4.39 Å². The average Bonchev–Trinajstić information content (AvgIpc) is 2.26. The first-order valence-corrected chi connectivity index (χ1v) is 5.13. The van der Waals surface area contributed by atoms with Gasteiger partial charge in [-0.15, -0.1) is 12.3 Å². The fourth-order valence-corrected chi connectivity index (χ4v) is 1.38. The quantitative estimate of drug-likeness (QED) is 0.484. The number of non-ortho nitro benzene ring substituents is 1. The predicted octanol–water partition coefficient (Wildman–Crippen LogP) is 2.24. The number of benzene rings is 1. The molecule has 0 bridgehead atoms. The number of rotatable bonds is 5. The summed E-state index contributed by atoms with van der Waals surface area (Å²) in [6, 6.07) is 3.60. The van der Waals surface area contributed by atoms with Gasteiger partial charge in [0, 0.05) is 25.1 Å². The molecule has 4 nitrogen and oxygen atoms in total. The van der Waals surface area contributed by atoms with Gasteiger partial charge in [0.15, 0.2) is 0 Å². The molecule has 1 N–H and O–H groups in total. The molecular formula is C12H13FN2O2. The highest BCUT2D eigenvalue weighted by Gasteiger charge is 2.10. The third kappa shape index (κ3) is 4.21. The zero-order valence-corrected chi connectivity index (χ0v) is 9.44. The lowest BCUT2D eigenvalue weighted by Crippen LogP contribution is -2.24. The Kier molecular flexibility index (Phi) is 4.61. The van der Waals surface area contributed by atoms with Gasteiger partial charge in [-0.2, -0.15) is 0 Å². The fraction of sp³-hybridized carbons (Fsp3) is 0.333. The third-order valence-corrected chi connectivity index (χ3v) is 2.23. The summed E-state index contributed by atoms with van der Waals surface area (Å²) in [6.45, 7) is 2.25. The maximum Gasteiger partial charge on any atom is 0.272 e. The summed E-state index contributed by atoms with van der Waals surface area (Å²) in [5.74, 6) is 1.89. The molecule has 0 aliphatic heterocycles. The van der Waals surface area contributed by atoms with E-state index in [-0.39, 0.29) is 11.7 Å². The van der Waals surface area contributed by atoms with Crippen LogP contribution in [0.15, 0.2) is 18.2 Å². The van der Waals surface area contributed by atoms with E-state index in [4.69, 9.17) is 6.42 Å². The highest BCUT2D eigenvalue weighted by atomic mass is 19.1. The molecule has 0 saturated heterocycles. The summed E-state index contributed by atoms with van der Waals surface area (Å²) in [6.07, 6.45) is 5.70. The van der Waals surface area contributed by atoms with Crippen LogP contribution in [-0.2, 0) is 6.54 Å². The average molecular weight is 236 g/mol. The standard InChI is InChI=1S/C12H13FN2O2/c1-3-4-9(2)14-8-10-5-11(13)7-12(6-10)15(16)17/h1,5-7,9,14H,4,8H2,2H3. The minimum atomic E-state index is -0.614. The number of nitrogens with zero attached hydrogens (tertiary/aromatic N) is 1. The van der Waals surface area contributed by atoms with E-state index in [1.165, 1.54) is 12.1 Å². The van der Waals surface area contributed by atoms with Gasteiger partial charge in [0.1, 0.15) is 5.82 Å². The largest absolute Gasteiger partial charge is 0.309 e. The van der Waals surface area contributed by atoms with E-state index in [2.05, 4.69) is 11.2 Å². The van der Waals surface area contributed by atoms with Crippen LogP contribution in [0.1, 0.15) is 18.9 Å². The first-order chi connectivity index (χ1) is 8.02. The number of nitro groups is 1. The lowest BCUT2D eigenvalue weighted by atomic mass is 10.1. The molecule has 0 aliphatic rings. The van der Waals surface area contributed by atoms with Gasteiger partial charge in [-0.3, -0.25) is 10.1 Å². The number of terminal acetylenes is 1. The van der Waals surface area contributed by atoms with Crippen LogP contribution in [0.3, 0.4) is 0 Å². The van der Waals surface area contributed by atoms with Gasteiger partial charge in [0.05, 0.1) is 11.0 Å². The molecule has 0 fully saturated rings. The van der Waals surface area contributed by atoms with Crippen molar-refractivity contribution >= 4 is 5.69 Å². The van der Waals surface area contributed by atoms with Crippen LogP contribution in [0, 0.1) is 28.3 Å². The monoisotopic (exact) mass is 236 g/mol. The zero-order valence-electron chi connectivity index (χ0n) is 9.44. The molecule has 5 heteroatoms. The Hall–Kier alpha value is -1.93. The van der Waals surface area contributed by atoms with Crippen LogP contribution in [0.4, 0.5) is 10.1 Å². The second-order valence-electron chi connectivity index (χ2n) is 3.76. The van der Waals surface area contributed by atoms with Crippen molar-refractivity contribution in [1.29, 1.82) is 0 Å². The minimum absolute atomic E-state index is 0.0855. The summed E-state index contributed by atoms with van der Waals surface area (Å²) < 4.78 is 13.1. The number of hydrogen-bond donors (Lipinski definition) is 1. The van der Waals surface area contributed by atoms with E-state index < -0.39 is 10.7 Å². The van der Waals surface area contributed by atoms with E-state index >= 15 is 0 Å². The molecule has 1 unspecified atom stereocenters. The Morgan fingerprint density at radius 1 is 1.59 bits per heavy atom. The first kappa shape index (κ1) is 13.1. The maximum absolute atomic E-state index is 13.1. The van der Waals surface area contributed by atoms with Crippen LogP contribution in [0.2, 0.25) is 0 Å².